The molecule has 0 aliphatic heterocycles. The van der Waals surface area contributed by atoms with Gasteiger partial charge in [0, 0.05) is 17.2 Å². The molecule has 140 valence electrons. The molecule has 1 N–H and O–H groups in total. The molecule has 1 amide bonds. The zero-order valence-corrected chi connectivity index (χ0v) is 16.8. The van der Waals surface area contributed by atoms with E-state index in [0.29, 0.717) is 18.0 Å². The molecule has 0 aromatic heterocycles. The molecule has 1 unspecified atom stereocenters. The molecule has 0 fully saturated rings. The highest BCUT2D eigenvalue weighted by Gasteiger charge is 2.28. The molecule has 0 bridgehead atoms. The Bertz CT molecular complexity index is 822. The van der Waals surface area contributed by atoms with E-state index in [1.807, 2.05) is 49.4 Å². The first-order valence-electron chi connectivity index (χ1n) is 8.30. The lowest BCUT2D eigenvalue weighted by Gasteiger charge is -2.28. The molecule has 2 aromatic rings. The van der Waals surface area contributed by atoms with Gasteiger partial charge in [-0.2, -0.15) is 0 Å². The summed E-state index contributed by atoms with van der Waals surface area (Å²) >= 11 is 1.64. The van der Waals surface area contributed by atoms with E-state index >= 15 is 0 Å². The molecule has 1 atom stereocenters. The van der Waals surface area contributed by atoms with Crippen LogP contribution in [0.3, 0.4) is 0 Å². The van der Waals surface area contributed by atoms with Gasteiger partial charge in [0.25, 0.3) is 0 Å². The molecule has 2 rings (SSSR count). The fourth-order valence-electron chi connectivity index (χ4n) is 2.51. The minimum Gasteiger partial charge on any atom is -0.353 e. The summed E-state index contributed by atoms with van der Waals surface area (Å²) in [4.78, 5) is 13.6. The summed E-state index contributed by atoms with van der Waals surface area (Å²) in [6.45, 7) is 3.99. The number of amides is 1. The predicted molar refractivity (Wildman–Crippen MR) is 108 cm³/mol. The van der Waals surface area contributed by atoms with Crippen molar-refractivity contribution in [1.82, 2.24) is 5.32 Å². The lowest BCUT2D eigenvalue weighted by atomic mass is 10.2. The van der Waals surface area contributed by atoms with Crippen molar-refractivity contribution in [1.29, 1.82) is 0 Å². The van der Waals surface area contributed by atoms with Crippen molar-refractivity contribution in [2.75, 3.05) is 22.9 Å². The largest absolute Gasteiger partial charge is 0.353 e. The zero-order chi connectivity index (χ0) is 19.2. The Morgan fingerprint density at radius 3 is 2.31 bits per heavy atom. The van der Waals surface area contributed by atoms with Crippen LogP contribution in [0.2, 0.25) is 0 Å². The van der Waals surface area contributed by atoms with Gasteiger partial charge in [-0.25, -0.2) is 8.42 Å². The first-order valence-corrected chi connectivity index (χ1v) is 11.1. The number of thioether (sulfide) groups is 1. The van der Waals surface area contributed by atoms with Gasteiger partial charge in [-0.15, -0.1) is 11.8 Å². The van der Waals surface area contributed by atoms with Crippen molar-refractivity contribution < 1.29 is 13.2 Å². The number of benzene rings is 2. The van der Waals surface area contributed by atoms with Gasteiger partial charge in [-0.1, -0.05) is 35.9 Å². The molecule has 5 nitrogen and oxygen atoms in total. The maximum absolute atomic E-state index is 12.5. The standard InChI is InChI=1S/C19H24N2O3S2/c1-15-9-11-17(12-10-15)21(26(3,23)24)16(2)19(22)20-13-14-25-18-7-5-4-6-8-18/h4-12,16H,13-14H2,1-3H3,(H,20,22). The predicted octanol–water partition coefficient (Wildman–Crippen LogP) is 3.06. The Morgan fingerprint density at radius 2 is 1.73 bits per heavy atom. The number of aryl methyl sites for hydroxylation is 1. The van der Waals surface area contributed by atoms with Gasteiger partial charge >= 0.3 is 0 Å². The Labute approximate surface area is 159 Å². The highest BCUT2D eigenvalue weighted by atomic mass is 32.2. The van der Waals surface area contributed by atoms with Crippen LogP contribution in [0.5, 0.6) is 0 Å². The molecule has 0 aliphatic carbocycles. The van der Waals surface area contributed by atoms with E-state index in [-0.39, 0.29) is 5.91 Å². The normalized spacial score (nSPS) is 12.4. The molecule has 0 radical (unpaired) electrons. The minimum absolute atomic E-state index is 0.315. The average molecular weight is 393 g/mol. The van der Waals surface area contributed by atoms with Gasteiger partial charge in [-0.05, 0) is 38.1 Å². The first-order chi connectivity index (χ1) is 12.3. The summed E-state index contributed by atoms with van der Waals surface area (Å²) in [5, 5.41) is 2.82. The van der Waals surface area contributed by atoms with Crippen LogP contribution in [-0.2, 0) is 14.8 Å². The number of hydrogen-bond acceptors (Lipinski definition) is 4. The van der Waals surface area contributed by atoms with Crippen LogP contribution in [0.25, 0.3) is 0 Å². The molecule has 0 heterocycles. The molecule has 7 heteroatoms. The first kappa shape index (κ1) is 20.3. The molecule has 0 spiro atoms. The highest BCUT2D eigenvalue weighted by Crippen LogP contribution is 2.21. The second-order valence-corrected chi connectivity index (χ2v) is 9.05. The molecule has 26 heavy (non-hydrogen) atoms. The maximum atomic E-state index is 12.5. The lowest BCUT2D eigenvalue weighted by molar-refractivity contribution is -0.121. The van der Waals surface area contributed by atoms with Crippen molar-refractivity contribution in [2.24, 2.45) is 0 Å². The monoisotopic (exact) mass is 392 g/mol. The van der Waals surface area contributed by atoms with Gasteiger partial charge in [0.15, 0.2) is 0 Å². The van der Waals surface area contributed by atoms with Crippen LogP contribution >= 0.6 is 11.8 Å². The van der Waals surface area contributed by atoms with Crippen molar-refractivity contribution in [2.45, 2.75) is 24.8 Å². The fraction of sp³-hybridized carbons (Fsp3) is 0.316. The van der Waals surface area contributed by atoms with Crippen LogP contribution in [0.1, 0.15) is 12.5 Å². The Hall–Kier alpha value is -1.99. The van der Waals surface area contributed by atoms with Crippen LogP contribution in [-0.4, -0.2) is 38.9 Å². The fourth-order valence-corrected chi connectivity index (χ4v) is 4.47. The maximum Gasteiger partial charge on any atom is 0.243 e. The third-order valence-corrected chi connectivity index (χ3v) is 6.05. The van der Waals surface area contributed by atoms with E-state index in [9.17, 15) is 13.2 Å². The third kappa shape index (κ3) is 5.78. The van der Waals surface area contributed by atoms with E-state index in [0.717, 1.165) is 21.0 Å². The van der Waals surface area contributed by atoms with E-state index < -0.39 is 16.1 Å². The van der Waals surface area contributed by atoms with Crippen molar-refractivity contribution >= 4 is 33.4 Å². The zero-order valence-electron chi connectivity index (χ0n) is 15.2. The molecule has 2 aromatic carbocycles. The van der Waals surface area contributed by atoms with Gasteiger partial charge in [0.2, 0.25) is 15.9 Å². The van der Waals surface area contributed by atoms with Crippen LogP contribution in [0, 0.1) is 6.92 Å². The summed E-state index contributed by atoms with van der Waals surface area (Å²) in [5.41, 5.74) is 1.51. The van der Waals surface area contributed by atoms with Gasteiger partial charge in [0.1, 0.15) is 6.04 Å². The summed E-state index contributed by atoms with van der Waals surface area (Å²) < 4.78 is 25.6. The summed E-state index contributed by atoms with van der Waals surface area (Å²) in [7, 11) is -3.58. The van der Waals surface area contributed by atoms with Crippen molar-refractivity contribution in [3.05, 3.63) is 60.2 Å². The Kier molecular flexibility index (Phi) is 7.11. The number of carbonyl (C=O) groups excluding carboxylic acids is 1. The Morgan fingerprint density at radius 1 is 1.12 bits per heavy atom. The molecular formula is C19H24N2O3S2. The summed E-state index contributed by atoms with van der Waals surface area (Å²) in [6, 6.07) is 16.2. The number of nitrogens with zero attached hydrogens (tertiary/aromatic N) is 1. The summed E-state index contributed by atoms with van der Waals surface area (Å²) in [5.74, 6) is 0.399. The number of carbonyl (C=O) groups is 1. The SMILES string of the molecule is Cc1ccc(N(C(C)C(=O)NCCSc2ccccc2)S(C)(=O)=O)cc1. The number of rotatable bonds is 8. The van der Waals surface area contributed by atoms with Crippen LogP contribution in [0.15, 0.2) is 59.5 Å². The molecular weight excluding hydrogens is 368 g/mol. The molecule has 0 saturated heterocycles. The van der Waals surface area contributed by atoms with Crippen molar-refractivity contribution in [3.63, 3.8) is 0 Å². The number of nitrogens with one attached hydrogen (secondary N) is 1. The van der Waals surface area contributed by atoms with E-state index in [1.54, 1.807) is 30.8 Å². The highest BCUT2D eigenvalue weighted by molar-refractivity contribution is 7.99. The van der Waals surface area contributed by atoms with Crippen LogP contribution in [0.4, 0.5) is 5.69 Å². The van der Waals surface area contributed by atoms with Gasteiger partial charge < -0.3 is 5.32 Å². The summed E-state index contributed by atoms with van der Waals surface area (Å²) in [6.07, 6.45) is 1.11. The lowest BCUT2D eigenvalue weighted by Crippen LogP contribution is -2.48. The minimum atomic E-state index is -3.58. The quantitative estimate of drug-likeness (QED) is 0.554. The number of sulfonamides is 1. The average Bonchev–Trinajstić information content (AvgIpc) is 2.60. The van der Waals surface area contributed by atoms with E-state index in [1.165, 1.54) is 0 Å². The smallest absolute Gasteiger partial charge is 0.243 e. The number of anilines is 1. The second-order valence-electron chi connectivity index (χ2n) is 6.02. The second kappa shape index (κ2) is 9.09. The number of hydrogen-bond donors (Lipinski definition) is 1. The molecule has 0 aliphatic rings. The molecule has 0 saturated carbocycles. The van der Waals surface area contributed by atoms with E-state index in [4.69, 9.17) is 0 Å². The topological polar surface area (TPSA) is 66.5 Å². The Balaban J connectivity index is 1.98. The van der Waals surface area contributed by atoms with Gasteiger partial charge in [-0.3, -0.25) is 9.10 Å². The van der Waals surface area contributed by atoms with Crippen molar-refractivity contribution in [3.8, 4) is 0 Å². The third-order valence-electron chi connectivity index (χ3n) is 3.79. The van der Waals surface area contributed by atoms with Gasteiger partial charge in [0.05, 0.1) is 11.9 Å². The van der Waals surface area contributed by atoms with Crippen LogP contribution < -0.4 is 9.62 Å². The van der Waals surface area contributed by atoms with E-state index in [2.05, 4.69) is 5.32 Å².